The number of hydrogen-bond acceptors (Lipinski definition) is 5. The summed E-state index contributed by atoms with van der Waals surface area (Å²) in [6.45, 7) is 3.61. The average molecular weight is 378 g/mol. The Hall–Kier alpha value is -2.99. The summed E-state index contributed by atoms with van der Waals surface area (Å²) in [6.07, 6.45) is 0. The second-order valence-electron chi connectivity index (χ2n) is 7.58. The molecule has 2 heterocycles. The van der Waals surface area contributed by atoms with Gasteiger partial charge in [-0.3, -0.25) is 19.7 Å². The molecule has 4 atom stereocenters. The van der Waals surface area contributed by atoms with Crippen molar-refractivity contribution in [3.8, 4) is 0 Å². The van der Waals surface area contributed by atoms with Crippen molar-refractivity contribution >= 4 is 23.5 Å². The predicted molar refractivity (Wildman–Crippen MR) is 103 cm³/mol. The second-order valence-corrected chi connectivity index (χ2v) is 7.58. The minimum atomic E-state index is -1.29. The second kappa shape index (κ2) is 6.56. The van der Waals surface area contributed by atoms with E-state index in [0.717, 1.165) is 11.1 Å². The Morgan fingerprint density at radius 2 is 1.79 bits per heavy atom. The molecule has 0 aromatic heterocycles. The number of benzene rings is 2. The number of anilines is 1. The molecule has 1 N–H and O–H groups in total. The van der Waals surface area contributed by atoms with Gasteiger partial charge >= 0.3 is 5.97 Å². The van der Waals surface area contributed by atoms with Crippen LogP contribution in [0.25, 0.3) is 0 Å². The number of ether oxygens (including phenoxy) is 1. The predicted octanol–water partition coefficient (Wildman–Crippen LogP) is 2.38. The maximum absolute atomic E-state index is 13.4. The lowest BCUT2D eigenvalue weighted by Crippen LogP contribution is -2.54. The summed E-state index contributed by atoms with van der Waals surface area (Å²) in [7, 11) is 1.29. The number of nitrogens with zero attached hydrogens (tertiary/aromatic N) is 1. The van der Waals surface area contributed by atoms with Crippen LogP contribution < -0.4 is 10.2 Å². The molecular weight excluding hydrogens is 356 g/mol. The number of hydrogen-bond donors (Lipinski definition) is 1. The van der Waals surface area contributed by atoms with Crippen LogP contribution in [0, 0.1) is 18.8 Å². The van der Waals surface area contributed by atoms with Crippen molar-refractivity contribution in [2.75, 3.05) is 12.0 Å². The molecule has 0 aliphatic carbocycles. The van der Waals surface area contributed by atoms with E-state index in [4.69, 9.17) is 4.74 Å². The summed E-state index contributed by atoms with van der Waals surface area (Å²) < 4.78 is 4.99. The minimum absolute atomic E-state index is 0.298. The summed E-state index contributed by atoms with van der Waals surface area (Å²) in [6, 6.07) is 16.1. The quantitative estimate of drug-likeness (QED) is 0.656. The Kier molecular flexibility index (Phi) is 4.31. The lowest BCUT2D eigenvalue weighted by atomic mass is 9.80. The van der Waals surface area contributed by atoms with Crippen LogP contribution in [0.4, 0.5) is 5.69 Å². The van der Waals surface area contributed by atoms with E-state index >= 15 is 0 Å². The van der Waals surface area contributed by atoms with E-state index in [1.807, 2.05) is 37.3 Å². The first-order valence-electron chi connectivity index (χ1n) is 9.24. The van der Waals surface area contributed by atoms with Crippen molar-refractivity contribution in [2.24, 2.45) is 11.8 Å². The number of aryl methyl sites for hydroxylation is 1. The molecule has 0 radical (unpaired) electrons. The number of amides is 2. The van der Waals surface area contributed by atoms with Crippen LogP contribution in [0.2, 0.25) is 0 Å². The SMILES string of the molecule is COC(=O)[C@@]1(C)N[C@@H](c2cccc(C)c2)[C@H]2C(=O)N(c3ccccc3)C(=O)[C@H]21. The Bertz CT molecular complexity index is 958. The molecule has 0 bridgehead atoms. The van der Waals surface area contributed by atoms with Gasteiger partial charge in [-0.1, -0.05) is 48.0 Å². The molecule has 6 nitrogen and oxygen atoms in total. The first-order valence-corrected chi connectivity index (χ1v) is 9.24. The van der Waals surface area contributed by atoms with Crippen LogP contribution in [-0.4, -0.2) is 30.4 Å². The lowest BCUT2D eigenvalue weighted by Gasteiger charge is -2.28. The Labute approximate surface area is 163 Å². The van der Waals surface area contributed by atoms with Crippen LogP contribution in [0.5, 0.6) is 0 Å². The topological polar surface area (TPSA) is 75.7 Å². The van der Waals surface area contributed by atoms with E-state index in [0.29, 0.717) is 5.69 Å². The number of para-hydroxylation sites is 1. The van der Waals surface area contributed by atoms with Gasteiger partial charge in [0.1, 0.15) is 5.54 Å². The van der Waals surface area contributed by atoms with Gasteiger partial charge in [0, 0.05) is 6.04 Å². The standard InChI is InChI=1S/C22H22N2O4/c1-13-8-7-9-14(12-13)18-16-17(22(2,23-18)21(27)28-3)20(26)24(19(16)25)15-10-5-4-6-11-15/h4-12,16-18,23H,1-3H3/t16-,17-,18-,22-/m0/s1. The van der Waals surface area contributed by atoms with Gasteiger partial charge in [0.05, 0.1) is 24.6 Å². The molecule has 2 aliphatic heterocycles. The monoisotopic (exact) mass is 378 g/mol. The van der Waals surface area contributed by atoms with Crippen molar-refractivity contribution in [3.63, 3.8) is 0 Å². The largest absolute Gasteiger partial charge is 0.468 e. The summed E-state index contributed by atoms with van der Waals surface area (Å²) in [5.41, 5.74) is 1.14. The molecule has 2 aromatic carbocycles. The van der Waals surface area contributed by atoms with Crippen LogP contribution in [-0.2, 0) is 19.1 Å². The molecule has 144 valence electrons. The highest BCUT2D eigenvalue weighted by molar-refractivity contribution is 6.24. The van der Waals surface area contributed by atoms with Crippen molar-refractivity contribution in [2.45, 2.75) is 25.4 Å². The van der Waals surface area contributed by atoms with Crippen LogP contribution in [0.1, 0.15) is 24.1 Å². The molecule has 0 saturated carbocycles. The molecule has 6 heteroatoms. The maximum Gasteiger partial charge on any atom is 0.326 e. The van der Waals surface area contributed by atoms with E-state index in [1.54, 1.807) is 31.2 Å². The highest BCUT2D eigenvalue weighted by atomic mass is 16.5. The molecule has 2 fully saturated rings. The summed E-state index contributed by atoms with van der Waals surface area (Å²) in [5.74, 6) is -2.74. The van der Waals surface area contributed by atoms with Gasteiger partial charge in [0.25, 0.3) is 0 Å². The third-order valence-corrected chi connectivity index (χ3v) is 5.81. The molecule has 2 aromatic rings. The number of carbonyl (C=O) groups excluding carboxylic acids is 3. The van der Waals surface area contributed by atoms with Crippen LogP contribution in [0.3, 0.4) is 0 Å². The number of nitrogens with one attached hydrogen (secondary N) is 1. The fourth-order valence-electron chi connectivity index (χ4n) is 4.52. The van der Waals surface area contributed by atoms with Gasteiger partial charge in [-0.2, -0.15) is 0 Å². The van der Waals surface area contributed by atoms with Gasteiger partial charge in [0.15, 0.2) is 0 Å². The highest BCUT2D eigenvalue weighted by Crippen LogP contribution is 2.49. The third kappa shape index (κ3) is 2.56. The van der Waals surface area contributed by atoms with Gasteiger partial charge in [-0.15, -0.1) is 0 Å². The summed E-state index contributed by atoms with van der Waals surface area (Å²) >= 11 is 0. The van der Waals surface area contributed by atoms with Crippen LogP contribution >= 0.6 is 0 Å². The smallest absolute Gasteiger partial charge is 0.326 e. The molecule has 0 unspecified atom stereocenters. The zero-order valence-electron chi connectivity index (χ0n) is 16.0. The lowest BCUT2D eigenvalue weighted by molar-refractivity contribution is -0.151. The first kappa shape index (κ1) is 18.4. The third-order valence-electron chi connectivity index (χ3n) is 5.81. The molecule has 28 heavy (non-hydrogen) atoms. The minimum Gasteiger partial charge on any atom is -0.468 e. The fourth-order valence-corrected chi connectivity index (χ4v) is 4.52. The van der Waals surface area contributed by atoms with Crippen molar-refractivity contribution < 1.29 is 19.1 Å². The molecule has 4 rings (SSSR count). The number of fused-ring (bicyclic) bond motifs is 1. The zero-order valence-corrected chi connectivity index (χ0v) is 16.0. The summed E-state index contributed by atoms with van der Waals surface area (Å²) in [4.78, 5) is 40.6. The van der Waals surface area contributed by atoms with E-state index in [2.05, 4.69) is 5.32 Å². The van der Waals surface area contributed by atoms with Crippen molar-refractivity contribution in [3.05, 3.63) is 65.7 Å². The number of methoxy groups -OCH3 is 1. The Morgan fingerprint density at radius 3 is 2.43 bits per heavy atom. The van der Waals surface area contributed by atoms with E-state index in [-0.39, 0.29) is 11.8 Å². The maximum atomic E-state index is 13.4. The van der Waals surface area contributed by atoms with E-state index in [9.17, 15) is 14.4 Å². The highest BCUT2D eigenvalue weighted by Gasteiger charge is 2.67. The Balaban J connectivity index is 1.84. The molecule has 2 saturated heterocycles. The number of carbonyl (C=O) groups is 3. The van der Waals surface area contributed by atoms with Crippen LogP contribution in [0.15, 0.2) is 54.6 Å². The van der Waals surface area contributed by atoms with Gasteiger partial charge in [0.2, 0.25) is 11.8 Å². The zero-order chi connectivity index (χ0) is 20.1. The fraction of sp³-hybridized carbons (Fsp3) is 0.318. The van der Waals surface area contributed by atoms with Gasteiger partial charge in [-0.25, -0.2) is 4.90 Å². The first-order chi connectivity index (χ1) is 13.4. The number of esters is 1. The number of rotatable bonds is 3. The Morgan fingerprint density at radius 1 is 1.07 bits per heavy atom. The molecule has 2 aliphatic rings. The van der Waals surface area contributed by atoms with Gasteiger partial charge < -0.3 is 4.74 Å². The number of imide groups is 1. The van der Waals surface area contributed by atoms with Gasteiger partial charge in [-0.05, 0) is 31.5 Å². The summed E-state index contributed by atoms with van der Waals surface area (Å²) in [5, 5.41) is 3.25. The average Bonchev–Trinajstić information content (AvgIpc) is 3.16. The van der Waals surface area contributed by atoms with Crippen molar-refractivity contribution in [1.82, 2.24) is 5.32 Å². The normalized spacial score (nSPS) is 29.1. The molecular formula is C22H22N2O4. The van der Waals surface area contributed by atoms with E-state index in [1.165, 1.54) is 12.0 Å². The van der Waals surface area contributed by atoms with E-state index < -0.39 is 29.4 Å². The van der Waals surface area contributed by atoms with Crippen molar-refractivity contribution in [1.29, 1.82) is 0 Å². The molecule has 0 spiro atoms. The molecule has 2 amide bonds.